The molecule has 1 amide bonds. The lowest BCUT2D eigenvalue weighted by Crippen LogP contribution is -2.19. The highest BCUT2D eigenvalue weighted by molar-refractivity contribution is 6.01. The first-order valence-corrected chi connectivity index (χ1v) is 10.9. The van der Waals surface area contributed by atoms with Gasteiger partial charge < -0.3 is 10.7 Å². The SMILES string of the molecule is CN/N=C\N(C=O)c1ccc(-c2nnc(Nc3cc(C(F)(F)F)cc(C(F)(F)F)c3)c3ccccc23)cc1. The van der Waals surface area contributed by atoms with Crippen LogP contribution in [0.2, 0.25) is 0 Å². The van der Waals surface area contributed by atoms with Crippen molar-refractivity contribution in [3.8, 4) is 11.3 Å². The van der Waals surface area contributed by atoms with E-state index in [9.17, 15) is 31.1 Å². The number of anilines is 3. The number of hydrazone groups is 1. The van der Waals surface area contributed by atoms with Gasteiger partial charge in [0.15, 0.2) is 5.82 Å². The molecule has 4 rings (SSSR count). The molecule has 0 radical (unpaired) electrons. The lowest BCUT2D eigenvalue weighted by atomic mass is 10.0. The van der Waals surface area contributed by atoms with Crippen molar-refractivity contribution >= 4 is 40.7 Å². The second-order valence-corrected chi connectivity index (χ2v) is 7.89. The van der Waals surface area contributed by atoms with Crippen molar-refractivity contribution in [2.45, 2.75) is 12.4 Å². The summed E-state index contributed by atoms with van der Waals surface area (Å²) in [6.07, 6.45) is -8.11. The van der Waals surface area contributed by atoms with Crippen LogP contribution in [0, 0.1) is 0 Å². The molecule has 0 spiro atoms. The molecule has 0 saturated heterocycles. The number of rotatable bonds is 7. The predicted molar refractivity (Wildman–Crippen MR) is 131 cm³/mol. The summed E-state index contributed by atoms with van der Waals surface area (Å²) in [5.41, 5.74) is 0.734. The Morgan fingerprint density at radius 1 is 0.842 bits per heavy atom. The van der Waals surface area contributed by atoms with Crippen LogP contribution >= 0.6 is 0 Å². The van der Waals surface area contributed by atoms with Gasteiger partial charge in [0.25, 0.3) is 0 Å². The van der Waals surface area contributed by atoms with Gasteiger partial charge in [-0.3, -0.25) is 9.69 Å². The van der Waals surface area contributed by atoms with E-state index in [0.717, 1.165) is 0 Å². The van der Waals surface area contributed by atoms with Crippen LogP contribution in [0.3, 0.4) is 0 Å². The number of carbonyl (C=O) groups is 1. The fourth-order valence-electron chi connectivity index (χ4n) is 3.64. The molecule has 0 aliphatic rings. The van der Waals surface area contributed by atoms with Crippen LogP contribution < -0.4 is 15.6 Å². The summed E-state index contributed by atoms with van der Waals surface area (Å²) < 4.78 is 79.6. The number of nitrogens with one attached hydrogen (secondary N) is 2. The number of aromatic nitrogens is 2. The molecule has 0 aliphatic heterocycles. The van der Waals surface area contributed by atoms with Crippen LogP contribution in [0.5, 0.6) is 0 Å². The Morgan fingerprint density at radius 2 is 1.45 bits per heavy atom. The lowest BCUT2D eigenvalue weighted by molar-refractivity contribution is -0.143. The number of benzene rings is 3. The molecular formula is C25H18F6N6O. The van der Waals surface area contributed by atoms with Crippen LogP contribution in [0.1, 0.15) is 11.1 Å². The largest absolute Gasteiger partial charge is 0.416 e. The van der Waals surface area contributed by atoms with Crippen molar-refractivity contribution in [3.63, 3.8) is 0 Å². The normalized spacial score (nSPS) is 12.1. The minimum atomic E-state index is -4.99. The molecule has 0 saturated carbocycles. The van der Waals surface area contributed by atoms with E-state index in [1.54, 1.807) is 55.6 Å². The monoisotopic (exact) mass is 532 g/mol. The molecule has 0 fully saturated rings. The maximum absolute atomic E-state index is 13.3. The number of alkyl halides is 6. The summed E-state index contributed by atoms with van der Waals surface area (Å²) in [6, 6.07) is 14.5. The fourth-order valence-corrected chi connectivity index (χ4v) is 3.64. The molecule has 4 aromatic rings. The van der Waals surface area contributed by atoms with Crippen molar-refractivity contribution in [3.05, 3.63) is 77.9 Å². The van der Waals surface area contributed by atoms with Gasteiger partial charge >= 0.3 is 12.4 Å². The lowest BCUT2D eigenvalue weighted by Gasteiger charge is -2.16. The maximum Gasteiger partial charge on any atom is 0.416 e. The van der Waals surface area contributed by atoms with E-state index in [2.05, 4.69) is 26.0 Å². The molecule has 38 heavy (non-hydrogen) atoms. The fraction of sp³-hybridized carbons (Fsp3) is 0.120. The van der Waals surface area contributed by atoms with Gasteiger partial charge in [0.2, 0.25) is 6.41 Å². The smallest absolute Gasteiger partial charge is 0.338 e. The molecule has 1 aromatic heterocycles. The minimum Gasteiger partial charge on any atom is -0.338 e. The van der Waals surface area contributed by atoms with Crippen molar-refractivity contribution in [2.75, 3.05) is 17.3 Å². The highest BCUT2D eigenvalue weighted by atomic mass is 19.4. The maximum atomic E-state index is 13.3. The van der Waals surface area contributed by atoms with Gasteiger partial charge in [-0.05, 0) is 30.3 Å². The topological polar surface area (TPSA) is 82.5 Å². The van der Waals surface area contributed by atoms with E-state index in [1.165, 1.54) is 11.2 Å². The van der Waals surface area contributed by atoms with E-state index < -0.39 is 29.2 Å². The zero-order chi connectivity index (χ0) is 27.5. The van der Waals surface area contributed by atoms with Crippen LogP contribution in [0.25, 0.3) is 22.0 Å². The summed E-state index contributed by atoms with van der Waals surface area (Å²) in [6.45, 7) is 0. The average Bonchev–Trinajstić information content (AvgIpc) is 2.88. The van der Waals surface area contributed by atoms with Gasteiger partial charge in [0.1, 0.15) is 12.0 Å². The van der Waals surface area contributed by atoms with Crippen LogP contribution in [-0.4, -0.2) is 30.0 Å². The summed E-state index contributed by atoms with van der Waals surface area (Å²) in [5.74, 6) is -0.0242. The molecule has 0 atom stereocenters. The molecule has 0 bridgehead atoms. The standard InChI is InChI=1S/C25H18F6N6O/c1-32-33-13-37(14-38)19-8-6-15(7-9-19)22-20-4-2-3-5-21(20)23(36-35-22)34-18-11-16(24(26,27)28)10-17(12-18)25(29,30)31/h2-14,32H,1H3,(H,34,36)/b33-13-. The number of hydrogen-bond donors (Lipinski definition) is 2. The zero-order valence-corrected chi connectivity index (χ0v) is 19.5. The molecular weight excluding hydrogens is 514 g/mol. The van der Waals surface area contributed by atoms with E-state index in [4.69, 9.17) is 0 Å². The summed E-state index contributed by atoms with van der Waals surface area (Å²) in [7, 11) is 1.58. The van der Waals surface area contributed by atoms with Crippen molar-refractivity contribution in [2.24, 2.45) is 5.10 Å². The van der Waals surface area contributed by atoms with Gasteiger partial charge in [0.05, 0.1) is 11.1 Å². The predicted octanol–water partition coefficient (Wildman–Crippen LogP) is 6.20. The summed E-state index contributed by atoms with van der Waals surface area (Å²) in [4.78, 5) is 12.6. The Hall–Kier alpha value is -4.68. The van der Waals surface area contributed by atoms with Crippen LogP contribution in [0.4, 0.5) is 43.5 Å². The molecule has 1 heterocycles. The van der Waals surface area contributed by atoms with Crippen molar-refractivity contribution in [1.29, 1.82) is 0 Å². The highest BCUT2D eigenvalue weighted by Gasteiger charge is 2.37. The van der Waals surface area contributed by atoms with Crippen LogP contribution in [0.15, 0.2) is 71.8 Å². The third-order valence-electron chi connectivity index (χ3n) is 5.40. The molecule has 13 heteroatoms. The Kier molecular flexibility index (Phi) is 7.19. The molecule has 7 nitrogen and oxygen atoms in total. The second-order valence-electron chi connectivity index (χ2n) is 7.89. The van der Waals surface area contributed by atoms with Gasteiger partial charge in [-0.1, -0.05) is 36.4 Å². The average molecular weight is 532 g/mol. The van der Waals surface area contributed by atoms with E-state index in [-0.39, 0.29) is 11.9 Å². The Morgan fingerprint density at radius 3 is 2.00 bits per heavy atom. The van der Waals surface area contributed by atoms with Gasteiger partial charge in [-0.2, -0.15) is 31.4 Å². The van der Waals surface area contributed by atoms with Gasteiger partial charge in [-0.15, -0.1) is 10.2 Å². The third kappa shape index (κ3) is 5.66. The molecule has 2 N–H and O–H groups in total. The van der Waals surface area contributed by atoms with Crippen molar-refractivity contribution < 1.29 is 31.1 Å². The number of carbonyl (C=O) groups excluding carboxylic acids is 1. The summed E-state index contributed by atoms with van der Waals surface area (Å²) in [5, 5.41) is 15.6. The molecule has 196 valence electrons. The van der Waals surface area contributed by atoms with E-state index >= 15 is 0 Å². The number of halogens is 6. The first-order valence-electron chi connectivity index (χ1n) is 10.9. The Bertz CT molecular complexity index is 1450. The Labute approximate surface area is 211 Å². The first-order chi connectivity index (χ1) is 18.0. The van der Waals surface area contributed by atoms with Crippen LogP contribution in [-0.2, 0) is 17.1 Å². The van der Waals surface area contributed by atoms with Gasteiger partial charge in [-0.25, -0.2) is 0 Å². The molecule has 3 aromatic carbocycles. The summed E-state index contributed by atoms with van der Waals surface area (Å²) >= 11 is 0. The number of amides is 1. The minimum absolute atomic E-state index is 0.0242. The number of fused-ring (bicyclic) bond motifs is 1. The number of nitrogens with zero attached hydrogens (tertiary/aromatic N) is 4. The number of hydrogen-bond acceptors (Lipinski definition) is 6. The molecule has 0 aliphatic carbocycles. The third-order valence-corrected chi connectivity index (χ3v) is 5.40. The first kappa shape index (κ1) is 26.4. The second kappa shape index (κ2) is 10.4. The van der Waals surface area contributed by atoms with E-state index in [1.807, 2.05) is 0 Å². The zero-order valence-electron chi connectivity index (χ0n) is 19.5. The Balaban J connectivity index is 1.74. The van der Waals surface area contributed by atoms with E-state index in [0.29, 0.717) is 46.3 Å². The van der Waals surface area contributed by atoms with Crippen molar-refractivity contribution in [1.82, 2.24) is 15.6 Å². The van der Waals surface area contributed by atoms with Gasteiger partial charge in [0, 0.05) is 34.8 Å². The highest BCUT2D eigenvalue weighted by Crippen LogP contribution is 2.39. The molecule has 0 unspecified atom stereocenters. The quantitative estimate of drug-likeness (QED) is 0.0974.